The van der Waals surface area contributed by atoms with Crippen molar-refractivity contribution in [2.75, 3.05) is 0 Å². The molecule has 0 unspecified atom stereocenters. The Morgan fingerprint density at radius 3 is 2.67 bits per heavy atom. The molecule has 0 bridgehead atoms. The second-order valence-electron chi connectivity index (χ2n) is 4.67. The maximum absolute atomic E-state index is 14.3. The molecule has 21 heavy (non-hydrogen) atoms. The van der Waals surface area contributed by atoms with Gasteiger partial charge < -0.3 is 5.32 Å². The Kier molecular flexibility index (Phi) is 3.60. The number of amides is 1. The van der Waals surface area contributed by atoms with Crippen LogP contribution in [0.4, 0.5) is 4.39 Å². The topological polar surface area (TPSA) is 42.0 Å². The number of pyridine rings is 1. The van der Waals surface area contributed by atoms with E-state index < -0.39 is 11.7 Å². The molecule has 3 aromatic rings. The van der Waals surface area contributed by atoms with Gasteiger partial charge in [0.05, 0.1) is 11.1 Å². The number of fused-ring (bicyclic) bond motifs is 1. The van der Waals surface area contributed by atoms with Crippen molar-refractivity contribution in [1.82, 2.24) is 10.3 Å². The van der Waals surface area contributed by atoms with Crippen molar-refractivity contribution in [3.05, 3.63) is 77.7 Å². The average molecular weight is 280 g/mol. The molecule has 0 spiro atoms. The summed E-state index contributed by atoms with van der Waals surface area (Å²) in [7, 11) is 0. The Morgan fingerprint density at radius 1 is 1.05 bits per heavy atom. The van der Waals surface area contributed by atoms with E-state index in [0.717, 1.165) is 5.56 Å². The van der Waals surface area contributed by atoms with Crippen molar-refractivity contribution in [2.24, 2.45) is 0 Å². The smallest absolute Gasteiger partial charge is 0.254 e. The first kappa shape index (κ1) is 13.2. The Balaban J connectivity index is 1.83. The van der Waals surface area contributed by atoms with Crippen LogP contribution in [0.5, 0.6) is 0 Å². The number of carbonyl (C=O) groups excluding carboxylic acids is 1. The van der Waals surface area contributed by atoms with E-state index in [9.17, 15) is 9.18 Å². The van der Waals surface area contributed by atoms with Crippen LogP contribution >= 0.6 is 0 Å². The zero-order valence-corrected chi connectivity index (χ0v) is 11.2. The van der Waals surface area contributed by atoms with E-state index in [1.807, 2.05) is 30.3 Å². The molecule has 1 aromatic heterocycles. The highest BCUT2D eigenvalue weighted by molar-refractivity contribution is 5.98. The fraction of sp³-hybridized carbons (Fsp3) is 0.0588. The predicted molar refractivity (Wildman–Crippen MR) is 79.3 cm³/mol. The summed E-state index contributed by atoms with van der Waals surface area (Å²) in [4.78, 5) is 16.2. The first-order valence-electron chi connectivity index (χ1n) is 6.61. The van der Waals surface area contributed by atoms with Gasteiger partial charge in [-0.3, -0.25) is 9.78 Å². The molecular formula is C17H13FN2O. The van der Waals surface area contributed by atoms with Gasteiger partial charge in [0.25, 0.3) is 5.91 Å². The average Bonchev–Trinajstić information content (AvgIpc) is 2.54. The molecule has 0 aliphatic carbocycles. The van der Waals surface area contributed by atoms with Crippen molar-refractivity contribution in [2.45, 2.75) is 6.54 Å². The highest BCUT2D eigenvalue weighted by Crippen LogP contribution is 2.19. The van der Waals surface area contributed by atoms with Crippen LogP contribution in [0, 0.1) is 5.82 Å². The van der Waals surface area contributed by atoms with Gasteiger partial charge in [-0.15, -0.1) is 0 Å². The number of benzene rings is 2. The number of nitrogens with one attached hydrogen (secondary N) is 1. The monoisotopic (exact) mass is 280 g/mol. The van der Waals surface area contributed by atoms with E-state index in [1.54, 1.807) is 24.4 Å². The maximum Gasteiger partial charge on any atom is 0.254 e. The van der Waals surface area contributed by atoms with Crippen LogP contribution in [0.1, 0.15) is 15.9 Å². The van der Waals surface area contributed by atoms with Crippen molar-refractivity contribution >= 4 is 16.8 Å². The lowest BCUT2D eigenvalue weighted by atomic mass is 10.1. The standard InChI is InChI=1S/C17H13FN2O/c18-16-13-7-4-10-19-15(13)9-8-14(16)17(21)20-11-12-5-2-1-3-6-12/h1-10H,11H2,(H,20,21). The number of halogens is 1. The Labute approximate surface area is 121 Å². The number of carbonyl (C=O) groups is 1. The van der Waals surface area contributed by atoms with E-state index in [-0.39, 0.29) is 5.56 Å². The fourth-order valence-corrected chi connectivity index (χ4v) is 2.17. The normalized spacial score (nSPS) is 10.5. The van der Waals surface area contributed by atoms with Crippen LogP contribution in [0.15, 0.2) is 60.8 Å². The van der Waals surface area contributed by atoms with Gasteiger partial charge in [0.15, 0.2) is 0 Å². The number of aromatic nitrogens is 1. The molecule has 3 nitrogen and oxygen atoms in total. The highest BCUT2D eigenvalue weighted by atomic mass is 19.1. The number of rotatable bonds is 3. The van der Waals surface area contributed by atoms with Gasteiger partial charge in [0.2, 0.25) is 0 Å². The first-order valence-corrected chi connectivity index (χ1v) is 6.61. The third-order valence-corrected chi connectivity index (χ3v) is 3.26. The van der Waals surface area contributed by atoms with Crippen LogP contribution in [0.25, 0.3) is 10.9 Å². The molecule has 0 aliphatic rings. The summed E-state index contributed by atoms with van der Waals surface area (Å²) in [5, 5.41) is 3.07. The molecule has 4 heteroatoms. The van der Waals surface area contributed by atoms with Crippen molar-refractivity contribution in [3.63, 3.8) is 0 Å². The molecule has 1 N–H and O–H groups in total. The summed E-state index contributed by atoms with van der Waals surface area (Å²) in [5.74, 6) is -0.965. The van der Waals surface area contributed by atoms with Gasteiger partial charge in [-0.2, -0.15) is 0 Å². The summed E-state index contributed by atoms with van der Waals surface area (Å²) in [6.45, 7) is 0.365. The Hall–Kier alpha value is -2.75. The summed E-state index contributed by atoms with van der Waals surface area (Å²) in [5.41, 5.74) is 1.54. The van der Waals surface area contributed by atoms with E-state index in [1.165, 1.54) is 6.07 Å². The summed E-state index contributed by atoms with van der Waals surface area (Å²) in [6.07, 6.45) is 1.59. The van der Waals surface area contributed by atoms with Crippen LogP contribution < -0.4 is 5.32 Å². The van der Waals surface area contributed by atoms with Crippen LogP contribution in [-0.2, 0) is 6.54 Å². The van der Waals surface area contributed by atoms with Crippen molar-refractivity contribution < 1.29 is 9.18 Å². The Morgan fingerprint density at radius 2 is 1.86 bits per heavy atom. The van der Waals surface area contributed by atoms with E-state index in [0.29, 0.717) is 17.4 Å². The summed E-state index contributed by atoms with van der Waals surface area (Å²) in [6, 6.07) is 15.9. The second kappa shape index (κ2) is 5.71. The molecule has 1 amide bonds. The molecule has 1 heterocycles. The molecule has 0 atom stereocenters. The van der Waals surface area contributed by atoms with E-state index in [2.05, 4.69) is 10.3 Å². The van der Waals surface area contributed by atoms with Crippen LogP contribution in [0.2, 0.25) is 0 Å². The van der Waals surface area contributed by atoms with Crippen molar-refractivity contribution in [3.8, 4) is 0 Å². The molecule has 0 aliphatic heterocycles. The molecule has 0 saturated carbocycles. The maximum atomic E-state index is 14.3. The number of hydrogen-bond donors (Lipinski definition) is 1. The molecule has 2 aromatic carbocycles. The molecule has 0 radical (unpaired) electrons. The lowest BCUT2D eigenvalue weighted by Gasteiger charge is -2.08. The molecule has 0 fully saturated rings. The molecule has 0 saturated heterocycles. The minimum atomic E-state index is -0.536. The lowest BCUT2D eigenvalue weighted by Crippen LogP contribution is -2.23. The van der Waals surface area contributed by atoms with Gasteiger partial charge in [0.1, 0.15) is 5.82 Å². The van der Waals surface area contributed by atoms with Gasteiger partial charge >= 0.3 is 0 Å². The van der Waals surface area contributed by atoms with E-state index in [4.69, 9.17) is 0 Å². The lowest BCUT2D eigenvalue weighted by molar-refractivity contribution is 0.0947. The summed E-state index contributed by atoms with van der Waals surface area (Å²) < 4.78 is 14.3. The Bertz CT molecular complexity index is 787. The second-order valence-corrected chi connectivity index (χ2v) is 4.67. The van der Waals surface area contributed by atoms with Crippen LogP contribution in [-0.4, -0.2) is 10.9 Å². The largest absolute Gasteiger partial charge is 0.348 e. The minimum absolute atomic E-state index is 0.0337. The third-order valence-electron chi connectivity index (χ3n) is 3.26. The minimum Gasteiger partial charge on any atom is -0.348 e. The van der Waals surface area contributed by atoms with E-state index >= 15 is 0 Å². The molecule has 3 rings (SSSR count). The zero-order chi connectivity index (χ0) is 14.7. The SMILES string of the molecule is O=C(NCc1ccccc1)c1ccc2ncccc2c1F. The molecular weight excluding hydrogens is 267 g/mol. The van der Waals surface area contributed by atoms with Crippen LogP contribution in [0.3, 0.4) is 0 Å². The zero-order valence-electron chi connectivity index (χ0n) is 11.2. The van der Waals surface area contributed by atoms with Crippen molar-refractivity contribution in [1.29, 1.82) is 0 Å². The quantitative estimate of drug-likeness (QED) is 0.799. The molecule has 104 valence electrons. The fourth-order valence-electron chi connectivity index (χ4n) is 2.17. The third kappa shape index (κ3) is 2.74. The first-order chi connectivity index (χ1) is 10.3. The highest BCUT2D eigenvalue weighted by Gasteiger charge is 2.14. The number of nitrogens with zero attached hydrogens (tertiary/aromatic N) is 1. The van der Waals surface area contributed by atoms with Gasteiger partial charge in [-0.25, -0.2) is 4.39 Å². The van der Waals surface area contributed by atoms with Gasteiger partial charge in [-0.1, -0.05) is 30.3 Å². The van der Waals surface area contributed by atoms with Gasteiger partial charge in [-0.05, 0) is 29.8 Å². The number of hydrogen-bond acceptors (Lipinski definition) is 2. The van der Waals surface area contributed by atoms with Gasteiger partial charge in [0, 0.05) is 18.1 Å². The predicted octanol–water partition coefficient (Wildman–Crippen LogP) is 3.30. The summed E-state index contributed by atoms with van der Waals surface area (Å²) >= 11 is 0.